The van der Waals surface area contributed by atoms with Crippen molar-refractivity contribution in [3.8, 4) is 0 Å². The van der Waals surface area contributed by atoms with E-state index in [-0.39, 0.29) is 11.9 Å². The summed E-state index contributed by atoms with van der Waals surface area (Å²) in [6, 6.07) is 16.2. The number of anilines is 1. The second kappa shape index (κ2) is 8.56. The zero-order valence-corrected chi connectivity index (χ0v) is 17.7. The summed E-state index contributed by atoms with van der Waals surface area (Å²) in [6.07, 6.45) is 2.63. The molecule has 1 N–H and O–H groups in total. The number of fused-ring (bicyclic) bond motifs is 1. The Bertz CT molecular complexity index is 1010. The van der Waals surface area contributed by atoms with Gasteiger partial charge >= 0.3 is 0 Å². The molecular weight excluding hydrogens is 384 g/mol. The average molecular weight is 411 g/mol. The number of imidazole rings is 1. The van der Waals surface area contributed by atoms with Gasteiger partial charge in [0.15, 0.2) is 0 Å². The maximum absolute atomic E-state index is 12.5. The lowest BCUT2D eigenvalue weighted by atomic mass is 10.2. The van der Waals surface area contributed by atoms with Gasteiger partial charge in [-0.25, -0.2) is 4.98 Å². The van der Waals surface area contributed by atoms with Crippen LogP contribution in [0.3, 0.4) is 0 Å². The standard InChI is InChI=1S/C23H27ClN4O/c1-16(2)28-20-11-6-5-10-19(20)26-23(28)21-12-7-14-27(21)15-13-22(29)25-18-9-4-3-8-17(18)24/h3-6,8-11,16,21H,7,12-15H2,1-2H3,(H,25,29)/t21-/m0/s1. The predicted molar refractivity (Wildman–Crippen MR) is 118 cm³/mol. The van der Waals surface area contributed by atoms with Crippen molar-refractivity contribution in [2.24, 2.45) is 0 Å². The van der Waals surface area contributed by atoms with Crippen LogP contribution in [0.1, 0.15) is 51.0 Å². The monoisotopic (exact) mass is 410 g/mol. The van der Waals surface area contributed by atoms with Crippen molar-refractivity contribution in [1.29, 1.82) is 0 Å². The Kier molecular flexibility index (Phi) is 5.88. The van der Waals surface area contributed by atoms with Crippen LogP contribution in [0.15, 0.2) is 48.5 Å². The SMILES string of the molecule is CC(C)n1c([C@@H]2CCCN2CCC(=O)Nc2ccccc2Cl)nc2ccccc21. The smallest absolute Gasteiger partial charge is 0.225 e. The first-order valence-electron chi connectivity index (χ1n) is 10.3. The van der Waals surface area contributed by atoms with Crippen LogP contribution < -0.4 is 5.32 Å². The van der Waals surface area contributed by atoms with Gasteiger partial charge in [0.25, 0.3) is 0 Å². The zero-order valence-electron chi connectivity index (χ0n) is 16.9. The molecule has 3 aromatic rings. The van der Waals surface area contributed by atoms with E-state index in [0.29, 0.717) is 29.7 Å². The van der Waals surface area contributed by atoms with Gasteiger partial charge in [0.05, 0.1) is 27.8 Å². The number of nitrogens with zero attached hydrogens (tertiary/aromatic N) is 3. The molecular formula is C23H27ClN4O. The Morgan fingerprint density at radius 2 is 1.97 bits per heavy atom. The van der Waals surface area contributed by atoms with Gasteiger partial charge < -0.3 is 9.88 Å². The summed E-state index contributed by atoms with van der Waals surface area (Å²) in [5.74, 6) is 1.10. The maximum Gasteiger partial charge on any atom is 0.225 e. The normalized spacial score (nSPS) is 17.3. The number of nitrogens with one attached hydrogen (secondary N) is 1. The van der Waals surface area contributed by atoms with Crippen molar-refractivity contribution in [1.82, 2.24) is 14.5 Å². The molecule has 2 aromatic carbocycles. The van der Waals surface area contributed by atoms with Crippen LogP contribution in [-0.2, 0) is 4.79 Å². The molecule has 1 aromatic heterocycles. The third kappa shape index (κ3) is 4.16. The molecule has 0 saturated carbocycles. The molecule has 0 unspecified atom stereocenters. The molecule has 0 spiro atoms. The van der Waals surface area contributed by atoms with Gasteiger partial charge in [-0.1, -0.05) is 35.9 Å². The van der Waals surface area contributed by atoms with E-state index in [2.05, 4.69) is 46.8 Å². The van der Waals surface area contributed by atoms with Crippen molar-refractivity contribution in [3.05, 3.63) is 59.4 Å². The fraction of sp³-hybridized carbons (Fsp3) is 0.391. The number of para-hydroxylation sites is 3. The molecule has 1 aliphatic heterocycles. The van der Waals surface area contributed by atoms with Crippen molar-refractivity contribution >= 4 is 34.2 Å². The summed E-state index contributed by atoms with van der Waals surface area (Å²) >= 11 is 6.15. The first-order valence-corrected chi connectivity index (χ1v) is 10.7. The first-order chi connectivity index (χ1) is 14.0. The van der Waals surface area contributed by atoms with Crippen LogP contribution in [0.5, 0.6) is 0 Å². The van der Waals surface area contributed by atoms with Gasteiger partial charge in [0.1, 0.15) is 5.82 Å². The van der Waals surface area contributed by atoms with Gasteiger partial charge in [0.2, 0.25) is 5.91 Å². The highest BCUT2D eigenvalue weighted by Gasteiger charge is 2.31. The molecule has 0 aliphatic carbocycles. The molecule has 1 saturated heterocycles. The van der Waals surface area contributed by atoms with Crippen LogP contribution >= 0.6 is 11.6 Å². The Morgan fingerprint density at radius 3 is 2.76 bits per heavy atom. The molecule has 0 bridgehead atoms. The largest absolute Gasteiger partial charge is 0.325 e. The number of halogens is 1. The maximum atomic E-state index is 12.5. The summed E-state index contributed by atoms with van der Waals surface area (Å²) in [5, 5.41) is 3.48. The van der Waals surface area contributed by atoms with E-state index in [9.17, 15) is 4.79 Å². The van der Waals surface area contributed by atoms with Crippen LogP contribution in [0, 0.1) is 0 Å². The Labute approximate surface area is 176 Å². The summed E-state index contributed by atoms with van der Waals surface area (Å²) in [7, 11) is 0. The second-order valence-electron chi connectivity index (χ2n) is 7.89. The molecule has 1 aliphatic rings. The number of rotatable bonds is 6. The molecule has 29 heavy (non-hydrogen) atoms. The van der Waals surface area contributed by atoms with Gasteiger partial charge in [-0.3, -0.25) is 9.69 Å². The first kappa shape index (κ1) is 19.9. The highest BCUT2D eigenvalue weighted by Crippen LogP contribution is 2.35. The van der Waals surface area contributed by atoms with E-state index in [1.54, 1.807) is 6.07 Å². The number of hydrogen-bond acceptors (Lipinski definition) is 3. The molecule has 4 rings (SSSR count). The molecule has 6 heteroatoms. The average Bonchev–Trinajstić information content (AvgIpc) is 3.32. The quantitative estimate of drug-likeness (QED) is 0.588. The number of aromatic nitrogens is 2. The minimum Gasteiger partial charge on any atom is -0.325 e. The topological polar surface area (TPSA) is 50.2 Å². The molecule has 1 atom stereocenters. The van der Waals surface area contributed by atoms with Crippen molar-refractivity contribution in [2.75, 3.05) is 18.4 Å². The fourth-order valence-corrected chi connectivity index (χ4v) is 4.43. The molecule has 0 radical (unpaired) electrons. The fourth-order valence-electron chi connectivity index (χ4n) is 4.25. The zero-order chi connectivity index (χ0) is 20.4. The molecule has 152 valence electrons. The van der Waals surface area contributed by atoms with Crippen LogP contribution in [0.25, 0.3) is 11.0 Å². The van der Waals surface area contributed by atoms with Crippen LogP contribution in [0.4, 0.5) is 5.69 Å². The third-order valence-corrected chi connectivity index (χ3v) is 5.90. The van der Waals surface area contributed by atoms with E-state index in [4.69, 9.17) is 16.6 Å². The van der Waals surface area contributed by atoms with E-state index in [0.717, 1.165) is 30.7 Å². The Morgan fingerprint density at radius 1 is 1.21 bits per heavy atom. The summed E-state index contributed by atoms with van der Waals surface area (Å²) in [5.41, 5.74) is 2.89. The highest BCUT2D eigenvalue weighted by atomic mass is 35.5. The van der Waals surface area contributed by atoms with Crippen molar-refractivity contribution in [3.63, 3.8) is 0 Å². The molecule has 2 heterocycles. The summed E-state index contributed by atoms with van der Waals surface area (Å²) in [4.78, 5) is 19.8. The number of likely N-dealkylation sites (tertiary alicyclic amines) is 1. The highest BCUT2D eigenvalue weighted by molar-refractivity contribution is 6.33. The number of amides is 1. The number of carbonyl (C=O) groups excluding carboxylic acids is 1. The van der Waals surface area contributed by atoms with Crippen molar-refractivity contribution in [2.45, 2.75) is 45.2 Å². The lowest BCUT2D eigenvalue weighted by Crippen LogP contribution is -2.29. The molecule has 5 nitrogen and oxygen atoms in total. The minimum atomic E-state index is -0.0129. The molecule has 1 amide bonds. The Hall–Kier alpha value is -2.37. The van der Waals surface area contributed by atoms with E-state index >= 15 is 0 Å². The van der Waals surface area contributed by atoms with Gasteiger partial charge in [-0.05, 0) is 57.5 Å². The van der Waals surface area contributed by atoms with E-state index < -0.39 is 0 Å². The molecule has 1 fully saturated rings. The lowest BCUT2D eigenvalue weighted by molar-refractivity contribution is -0.116. The van der Waals surface area contributed by atoms with E-state index in [1.807, 2.05) is 24.3 Å². The van der Waals surface area contributed by atoms with Gasteiger partial charge in [-0.2, -0.15) is 0 Å². The van der Waals surface area contributed by atoms with Gasteiger partial charge in [0, 0.05) is 19.0 Å². The van der Waals surface area contributed by atoms with Gasteiger partial charge in [-0.15, -0.1) is 0 Å². The number of carbonyl (C=O) groups is 1. The lowest BCUT2D eigenvalue weighted by Gasteiger charge is -2.26. The summed E-state index contributed by atoms with van der Waals surface area (Å²) < 4.78 is 2.35. The predicted octanol–water partition coefficient (Wildman–Crippen LogP) is 5.44. The minimum absolute atomic E-state index is 0.0129. The number of benzene rings is 2. The number of hydrogen-bond donors (Lipinski definition) is 1. The van der Waals surface area contributed by atoms with Crippen LogP contribution in [0.2, 0.25) is 5.02 Å². The van der Waals surface area contributed by atoms with Crippen LogP contribution in [-0.4, -0.2) is 33.4 Å². The van der Waals surface area contributed by atoms with Crippen molar-refractivity contribution < 1.29 is 4.79 Å². The summed E-state index contributed by atoms with van der Waals surface area (Å²) in [6.45, 7) is 6.11. The van der Waals surface area contributed by atoms with E-state index in [1.165, 1.54) is 5.52 Å². The second-order valence-corrected chi connectivity index (χ2v) is 8.30. The Balaban J connectivity index is 1.49. The third-order valence-electron chi connectivity index (χ3n) is 5.58.